The zero-order valence-electron chi connectivity index (χ0n) is 27.4. The normalized spacial score (nSPS) is 23.8. The number of hydrogen-bond acceptors (Lipinski definition) is 6. The van der Waals surface area contributed by atoms with Crippen molar-refractivity contribution >= 4 is 7.82 Å². The number of unbranched alkanes of at least 4 members (excludes halogenated alkanes) is 13. The number of hydrogen-bond donors (Lipinski definition) is 0. The molecule has 3 aliphatic rings. The average molecular weight is 624 g/mol. The Morgan fingerprint density at radius 3 is 2.00 bits per heavy atom. The van der Waals surface area contributed by atoms with Crippen molar-refractivity contribution in [2.75, 3.05) is 46.6 Å². The molecule has 0 radical (unpaired) electrons. The van der Waals surface area contributed by atoms with Crippen LogP contribution in [0.25, 0.3) is 0 Å². The van der Waals surface area contributed by atoms with E-state index in [-0.39, 0.29) is 19.3 Å². The number of fused-ring (bicyclic) bond motifs is 3. The highest BCUT2D eigenvalue weighted by Crippen LogP contribution is 2.42. The fourth-order valence-corrected chi connectivity index (χ4v) is 7.41. The van der Waals surface area contributed by atoms with Gasteiger partial charge in [0.25, 0.3) is 7.82 Å². The Hall–Kier alpha value is -0.790. The molecule has 43 heavy (non-hydrogen) atoms. The summed E-state index contributed by atoms with van der Waals surface area (Å²) in [5.74, 6) is 0.702. The van der Waals surface area contributed by atoms with E-state index in [4.69, 9.17) is 18.5 Å². The van der Waals surface area contributed by atoms with Crippen LogP contribution in [-0.2, 0) is 29.7 Å². The first-order chi connectivity index (χ1) is 20.9. The molecule has 3 fully saturated rings. The first-order valence-electron chi connectivity index (χ1n) is 17.6. The third-order valence-electron chi connectivity index (χ3n) is 9.70. The van der Waals surface area contributed by atoms with Crippen LogP contribution in [0.1, 0.15) is 122 Å². The van der Waals surface area contributed by atoms with Gasteiger partial charge in [0.05, 0.1) is 40.0 Å². The molecule has 0 saturated carbocycles. The van der Waals surface area contributed by atoms with Crippen molar-refractivity contribution in [1.29, 1.82) is 0 Å². The highest BCUT2D eigenvalue weighted by atomic mass is 31.2. The quantitative estimate of drug-likeness (QED) is 0.0588. The third-order valence-corrected chi connectivity index (χ3v) is 10.6. The van der Waals surface area contributed by atoms with E-state index in [9.17, 15) is 9.46 Å². The van der Waals surface area contributed by atoms with E-state index in [0.717, 1.165) is 42.4 Å². The summed E-state index contributed by atoms with van der Waals surface area (Å²) in [5, 5.41) is 0. The number of piperidine rings is 3. The molecule has 248 valence electrons. The fourth-order valence-electron chi connectivity index (χ4n) is 6.63. The molecular formula is C35H62NO6P. The van der Waals surface area contributed by atoms with Crippen LogP contribution in [0.2, 0.25) is 0 Å². The highest BCUT2D eigenvalue weighted by molar-refractivity contribution is 7.45. The van der Waals surface area contributed by atoms with Gasteiger partial charge in [-0.3, -0.25) is 4.57 Å². The van der Waals surface area contributed by atoms with Crippen LogP contribution in [0.4, 0.5) is 0 Å². The summed E-state index contributed by atoms with van der Waals surface area (Å²) in [5.41, 5.74) is 1.03. The van der Waals surface area contributed by atoms with E-state index in [1.165, 1.54) is 89.9 Å². The number of nitrogens with zero attached hydrogens (tertiary/aromatic N) is 1. The van der Waals surface area contributed by atoms with Crippen molar-refractivity contribution in [2.24, 2.45) is 5.92 Å². The molecule has 0 aliphatic carbocycles. The Morgan fingerprint density at radius 1 is 0.837 bits per heavy atom. The van der Waals surface area contributed by atoms with Gasteiger partial charge in [-0.25, -0.2) is 0 Å². The lowest BCUT2D eigenvalue weighted by atomic mass is 9.81. The van der Waals surface area contributed by atoms with Crippen LogP contribution in [-0.4, -0.2) is 63.2 Å². The van der Waals surface area contributed by atoms with Crippen LogP contribution < -0.4 is 4.89 Å². The molecule has 0 N–H and O–H groups in total. The van der Waals surface area contributed by atoms with E-state index in [1.807, 2.05) is 30.3 Å². The van der Waals surface area contributed by atoms with Crippen LogP contribution in [0.5, 0.6) is 0 Å². The molecule has 3 saturated heterocycles. The van der Waals surface area contributed by atoms with Crippen molar-refractivity contribution in [1.82, 2.24) is 0 Å². The van der Waals surface area contributed by atoms with Gasteiger partial charge < -0.3 is 27.9 Å². The maximum absolute atomic E-state index is 12.7. The number of phosphoric acid groups is 1. The van der Waals surface area contributed by atoms with Crippen molar-refractivity contribution in [3.05, 3.63) is 35.9 Å². The summed E-state index contributed by atoms with van der Waals surface area (Å²) < 4.78 is 36.3. The fraction of sp³-hybridized carbons (Fsp3) is 0.829. The van der Waals surface area contributed by atoms with E-state index < -0.39 is 13.9 Å². The summed E-state index contributed by atoms with van der Waals surface area (Å²) >= 11 is 0. The Morgan fingerprint density at radius 2 is 1.42 bits per heavy atom. The minimum atomic E-state index is -4.43. The summed E-state index contributed by atoms with van der Waals surface area (Å²) in [6.07, 6.45) is 21.5. The van der Waals surface area contributed by atoms with Gasteiger partial charge in [0.2, 0.25) is 0 Å². The summed E-state index contributed by atoms with van der Waals surface area (Å²) in [6, 6.07) is 10.1. The topological polar surface area (TPSA) is 77.1 Å². The smallest absolute Gasteiger partial charge is 0.268 e. The van der Waals surface area contributed by atoms with Gasteiger partial charge in [-0.05, 0) is 30.7 Å². The molecule has 4 rings (SSSR count). The van der Waals surface area contributed by atoms with Gasteiger partial charge in [-0.15, -0.1) is 0 Å². The molecule has 3 atom stereocenters. The average Bonchev–Trinajstić information content (AvgIpc) is 3.01. The minimum Gasteiger partial charge on any atom is -0.756 e. The number of ether oxygens (including phenoxy) is 2. The van der Waals surface area contributed by atoms with Gasteiger partial charge in [0, 0.05) is 13.0 Å². The second-order valence-electron chi connectivity index (χ2n) is 13.4. The van der Waals surface area contributed by atoms with Crippen molar-refractivity contribution in [2.45, 2.75) is 135 Å². The molecule has 3 aliphatic heterocycles. The largest absolute Gasteiger partial charge is 0.756 e. The Kier molecular flexibility index (Phi) is 18.0. The predicted molar refractivity (Wildman–Crippen MR) is 173 cm³/mol. The lowest BCUT2D eigenvalue weighted by Gasteiger charge is -2.52. The van der Waals surface area contributed by atoms with Gasteiger partial charge in [0.15, 0.2) is 0 Å². The summed E-state index contributed by atoms with van der Waals surface area (Å²) in [7, 11) is -2.21. The molecule has 0 aromatic heterocycles. The van der Waals surface area contributed by atoms with Gasteiger partial charge >= 0.3 is 0 Å². The standard InChI is InChI=1S/C35H62NO6P/c1-3-4-5-6-7-8-9-10-11-12-13-14-15-19-26-39-30-35(40-28-33-20-17-16-18-21-33)31-42-43(37,38)41-29-34-27-32-22-24-36(34,2)25-23-32/h16-18,20-21,32,34-35H,3-15,19,22-31H2,1-2H3. The molecule has 8 heteroatoms. The molecule has 3 heterocycles. The van der Waals surface area contributed by atoms with E-state index in [2.05, 4.69) is 14.0 Å². The molecule has 2 bridgehead atoms. The second-order valence-corrected chi connectivity index (χ2v) is 14.8. The molecule has 1 aromatic rings. The van der Waals surface area contributed by atoms with Crippen molar-refractivity contribution in [3.63, 3.8) is 0 Å². The molecule has 7 nitrogen and oxygen atoms in total. The number of quaternary nitrogens is 1. The molecule has 0 amide bonds. The van der Waals surface area contributed by atoms with Crippen molar-refractivity contribution < 1.29 is 32.5 Å². The van der Waals surface area contributed by atoms with Crippen LogP contribution in [0.15, 0.2) is 30.3 Å². The van der Waals surface area contributed by atoms with Gasteiger partial charge in [-0.2, -0.15) is 0 Å². The summed E-state index contributed by atoms with van der Waals surface area (Å²) in [6.45, 7) is 5.89. The number of benzene rings is 1. The highest BCUT2D eigenvalue weighted by Gasteiger charge is 2.44. The van der Waals surface area contributed by atoms with Gasteiger partial charge in [0.1, 0.15) is 18.8 Å². The first kappa shape index (κ1) is 36.7. The SMILES string of the molecule is CCCCCCCCCCCCCCCCOCC(COP(=O)([O-])OCC1CC2CC[N+]1(C)CC2)OCc1ccccc1. The number of likely N-dealkylation sites (N-methyl/N-ethyl adjacent to an activating group) is 1. The van der Waals surface area contributed by atoms with Crippen LogP contribution in [0, 0.1) is 5.92 Å². The molecular weight excluding hydrogens is 561 g/mol. The molecule has 3 unspecified atom stereocenters. The minimum absolute atomic E-state index is 0.105. The summed E-state index contributed by atoms with van der Waals surface area (Å²) in [4.78, 5) is 12.7. The maximum atomic E-state index is 12.7. The Bertz CT molecular complexity index is 878. The van der Waals surface area contributed by atoms with E-state index >= 15 is 0 Å². The number of rotatable bonds is 26. The second kappa shape index (κ2) is 21.1. The number of phosphoric ester groups is 1. The lowest BCUT2D eigenvalue weighted by molar-refractivity contribution is -0.949. The zero-order valence-corrected chi connectivity index (χ0v) is 28.3. The molecule has 0 spiro atoms. The zero-order chi connectivity index (χ0) is 30.6. The van der Waals surface area contributed by atoms with E-state index in [1.54, 1.807) is 0 Å². The Balaban J connectivity index is 1.26. The van der Waals surface area contributed by atoms with Crippen LogP contribution >= 0.6 is 7.82 Å². The van der Waals surface area contributed by atoms with Crippen LogP contribution in [0.3, 0.4) is 0 Å². The Labute approximate surface area is 263 Å². The maximum Gasteiger partial charge on any atom is 0.268 e. The predicted octanol–water partition coefficient (Wildman–Crippen LogP) is 8.20. The third kappa shape index (κ3) is 15.4. The lowest BCUT2D eigenvalue weighted by Crippen LogP contribution is -2.62. The molecule has 1 aromatic carbocycles. The van der Waals surface area contributed by atoms with Gasteiger partial charge in [-0.1, -0.05) is 121 Å². The van der Waals surface area contributed by atoms with E-state index in [0.29, 0.717) is 25.7 Å². The monoisotopic (exact) mass is 623 g/mol. The van der Waals surface area contributed by atoms with Crippen molar-refractivity contribution in [3.8, 4) is 0 Å². The first-order valence-corrected chi connectivity index (χ1v) is 19.0.